The molecular formula is C12H15BrClNO5S. The second kappa shape index (κ2) is 7.98. The quantitative estimate of drug-likeness (QED) is 0.558. The fraction of sp³-hybridized carbons (Fsp3) is 0.417. The lowest BCUT2D eigenvalue weighted by Gasteiger charge is -2.16. The van der Waals surface area contributed by atoms with Crippen LogP contribution in [0.25, 0.3) is 0 Å². The van der Waals surface area contributed by atoms with Crippen LogP contribution < -0.4 is 10.1 Å². The molecule has 1 atom stereocenters. The largest absolute Gasteiger partial charge is 0.480 e. The van der Waals surface area contributed by atoms with Gasteiger partial charge in [0.2, 0.25) is 0 Å². The van der Waals surface area contributed by atoms with Crippen molar-refractivity contribution in [1.29, 1.82) is 0 Å². The molecule has 0 spiro atoms. The molecule has 0 aliphatic carbocycles. The van der Waals surface area contributed by atoms with Crippen LogP contribution in [-0.4, -0.2) is 40.7 Å². The first-order chi connectivity index (χ1) is 9.75. The van der Waals surface area contributed by atoms with E-state index in [9.17, 15) is 13.2 Å². The Balaban J connectivity index is 2.73. The maximum atomic E-state index is 11.7. The predicted octanol–water partition coefficient (Wildman–Crippen LogP) is 1.91. The van der Waals surface area contributed by atoms with E-state index in [0.717, 1.165) is 0 Å². The van der Waals surface area contributed by atoms with Crippen molar-refractivity contribution in [2.45, 2.75) is 17.9 Å². The Morgan fingerprint density at radius 2 is 2.14 bits per heavy atom. The lowest BCUT2D eigenvalue weighted by atomic mass is 10.3. The van der Waals surface area contributed by atoms with Crippen molar-refractivity contribution in [3.63, 3.8) is 0 Å². The van der Waals surface area contributed by atoms with Crippen molar-refractivity contribution in [2.24, 2.45) is 0 Å². The maximum absolute atomic E-state index is 11.7. The number of ether oxygens (including phenoxy) is 2. The molecular weight excluding hydrogens is 386 g/mol. The van der Waals surface area contributed by atoms with Gasteiger partial charge in [0, 0.05) is 24.3 Å². The van der Waals surface area contributed by atoms with Crippen LogP contribution in [0.2, 0.25) is 0 Å². The molecule has 9 heteroatoms. The van der Waals surface area contributed by atoms with Crippen LogP contribution in [0.4, 0.5) is 0 Å². The van der Waals surface area contributed by atoms with Gasteiger partial charge in [-0.05, 0) is 41.1 Å². The highest BCUT2D eigenvalue weighted by molar-refractivity contribution is 9.10. The Hall–Kier alpha value is -0.830. The Morgan fingerprint density at radius 3 is 2.67 bits per heavy atom. The van der Waals surface area contributed by atoms with Gasteiger partial charge in [-0.3, -0.25) is 4.79 Å². The number of carbonyl (C=O) groups excluding carboxylic acids is 1. The summed E-state index contributed by atoms with van der Waals surface area (Å²) < 4.78 is 33.1. The third-order valence-electron chi connectivity index (χ3n) is 2.46. The van der Waals surface area contributed by atoms with E-state index in [1.807, 2.05) is 0 Å². The van der Waals surface area contributed by atoms with Gasteiger partial charge in [0.1, 0.15) is 5.75 Å². The standard InChI is InChI=1S/C12H15BrClNO5S/c1-8(12(16)15-5-6-19-2)20-11-4-3-9(7-10(11)13)21(14,17)18/h3-4,7-8H,5-6H2,1-2H3,(H,15,16). The third-order valence-corrected chi connectivity index (χ3v) is 4.43. The predicted molar refractivity (Wildman–Crippen MR) is 82.2 cm³/mol. The topological polar surface area (TPSA) is 81.7 Å². The molecule has 1 rings (SSSR count). The van der Waals surface area contributed by atoms with Gasteiger partial charge in [-0.15, -0.1) is 0 Å². The molecule has 0 aliphatic rings. The molecule has 1 N–H and O–H groups in total. The summed E-state index contributed by atoms with van der Waals surface area (Å²) in [6.45, 7) is 2.37. The monoisotopic (exact) mass is 399 g/mol. The van der Waals surface area contributed by atoms with Gasteiger partial charge in [-0.2, -0.15) is 0 Å². The first-order valence-corrected chi connectivity index (χ1v) is 9.03. The Kier molecular flexibility index (Phi) is 6.92. The third kappa shape index (κ3) is 5.82. The number of methoxy groups -OCH3 is 1. The van der Waals surface area contributed by atoms with Gasteiger partial charge in [0.05, 0.1) is 16.0 Å². The normalized spacial score (nSPS) is 12.8. The van der Waals surface area contributed by atoms with E-state index in [0.29, 0.717) is 23.4 Å². The van der Waals surface area contributed by atoms with Crippen molar-refractivity contribution in [3.8, 4) is 5.75 Å². The summed E-state index contributed by atoms with van der Waals surface area (Å²) >= 11 is 3.18. The van der Waals surface area contributed by atoms with Crippen molar-refractivity contribution < 1.29 is 22.7 Å². The lowest BCUT2D eigenvalue weighted by Crippen LogP contribution is -2.38. The van der Waals surface area contributed by atoms with E-state index in [2.05, 4.69) is 21.2 Å². The molecule has 0 radical (unpaired) electrons. The smallest absolute Gasteiger partial charge is 0.261 e. The number of hydrogen-bond donors (Lipinski definition) is 1. The van der Waals surface area contributed by atoms with Crippen LogP contribution in [-0.2, 0) is 18.6 Å². The summed E-state index contributed by atoms with van der Waals surface area (Å²) in [5, 5.41) is 2.64. The van der Waals surface area contributed by atoms with Crippen molar-refractivity contribution >= 4 is 41.6 Å². The molecule has 0 aromatic heterocycles. The lowest BCUT2D eigenvalue weighted by molar-refractivity contribution is -0.127. The van der Waals surface area contributed by atoms with E-state index < -0.39 is 15.2 Å². The SMILES string of the molecule is COCCNC(=O)C(C)Oc1ccc(S(=O)(=O)Cl)cc1Br. The maximum Gasteiger partial charge on any atom is 0.261 e. The number of nitrogens with one attached hydrogen (secondary N) is 1. The number of halogens is 2. The van der Waals surface area contributed by atoms with Crippen LogP contribution >= 0.6 is 26.6 Å². The second-order valence-corrected chi connectivity index (χ2v) is 7.49. The molecule has 0 saturated heterocycles. The molecule has 1 aromatic rings. The fourth-order valence-electron chi connectivity index (χ4n) is 1.39. The first kappa shape index (κ1) is 18.2. The minimum Gasteiger partial charge on any atom is -0.480 e. The molecule has 118 valence electrons. The highest BCUT2D eigenvalue weighted by atomic mass is 79.9. The molecule has 1 amide bonds. The zero-order chi connectivity index (χ0) is 16.0. The summed E-state index contributed by atoms with van der Waals surface area (Å²) in [5.41, 5.74) is 0. The number of benzene rings is 1. The Morgan fingerprint density at radius 1 is 1.48 bits per heavy atom. The van der Waals surface area contributed by atoms with Crippen LogP contribution in [0, 0.1) is 0 Å². The molecule has 0 heterocycles. The molecule has 1 aromatic carbocycles. The van der Waals surface area contributed by atoms with Crippen LogP contribution in [0.3, 0.4) is 0 Å². The van der Waals surface area contributed by atoms with Gasteiger partial charge in [-0.25, -0.2) is 8.42 Å². The van der Waals surface area contributed by atoms with Gasteiger partial charge in [0.25, 0.3) is 15.0 Å². The number of amides is 1. The molecule has 0 saturated carbocycles. The zero-order valence-electron chi connectivity index (χ0n) is 11.4. The fourth-order valence-corrected chi connectivity index (χ4v) is 2.79. The first-order valence-electron chi connectivity index (χ1n) is 5.93. The van der Waals surface area contributed by atoms with Crippen molar-refractivity contribution in [1.82, 2.24) is 5.32 Å². The number of rotatable bonds is 7. The van der Waals surface area contributed by atoms with E-state index >= 15 is 0 Å². The molecule has 0 bridgehead atoms. The van der Waals surface area contributed by atoms with Crippen LogP contribution in [0.1, 0.15) is 6.92 Å². The van der Waals surface area contributed by atoms with E-state index in [1.54, 1.807) is 6.92 Å². The molecule has 0 fully saturated rings. The average molecular weight is 401 g/mol. The van der Waals surface area contributed by atoms with Gasteiger partial charge in [-0.1, -0.05) is 0 Å². The van der Waals surface area contributed by atoms with E-state index in [-0.39, 0.29) is 10.8 Å². The molecule has 1 unspecified atom stereocenters. The summed E-state index contributed by atoms with van der Waals surface area (Å²) in [6.07, 6.45) is -0.739. The molecule has 21 heavy (non-hydrogen) atoms. The van der Waals surface area contributed by atoms with Crippen molar-refractivity contribution in [3.05, 3.63) is 22.7 Å². The minimum atomic E-state index is -3.81. The number of carbonyl (C=O) groups is 1. The summed E-state index contributed by atoms with van der Waals surface area (Å²) in [7, 11) is 2.97. The number of hydrogen-bond acceptors (Lipinski definition) is 5. The van der Waals surface area contributed by atoms with Gasteiger partial charge < -0.3 is 14.8 Å². The van der Waals surface area contributed by atoms with E-state index in [1.165, 1.54) is 25.3 Å². The molecule has 0 aliphatic heterocycles. The highest BCUT2D eigenvalue weighted by Crippen LogP contribution is 2.29. The minimum absolute atomic E-state index is 0.0550. The Bertz CT molecular complexity index is 608. The summed E-state index contributed by atoms with van der Waals surface area (Å²) in [6, 6.07) is 4.05. The molecule has 6 nitrogen and oxygen atoms in total. The zero-order valence-corrected chi connectivity index (χ0v) is 14.6. The average Bonchev–Trinajstić information content (AvgIpc) is 2.39. The van der Waals surface area contributed by atoms with E-state index in [4.69, 9.17) is 20.2 Å². The van der Waals surface area contributed by atoms with Crippen LogP contribution in [0.15, 0.2) is 27.6 Å². The van der Waals surface area contributed by atoms with Crippen molar-refractivity contribution in [2.75, 3.05) is 20.3 Å². The summed E-state index contributed by atoms with van der Waals surface area (Å²) in [5.74, 6) is 0.0430. The summed E-state index contributed by atoms with van der Waals surface area (Å²) in [4.78, 5) is 11.7. The highest BCUT2D eigenvalue weighted by Gasteiger charge is 2.17. The van der Waals surface area contributed by atoms with Gasteiger partial charge >= 0.3 is 0 Å². The van der Waals surface area contributed by atoms with Crippen LogP contribution in [0.5, 0.6) is 5.75 Å². The van der Waals surface area contributed by atoms with Gasteiger partial charge in [0.15, 0.2) is 6.10 Å². The Labute approximate surface area is 136 Å². The second-order valence-electron chi connectivity index (χ2n) is 4.07.